The molecule has 0 aliphatic carbocycles. The Labute approximate surface area is 99.9 Å². The Morgan fingerprint density at radius 3 is 2.59 bits per heavy atom. The topological polar surface area (TPSA) is 57.6 Å². The number of nitrogens with zero attached hydrogens (tertiary/aromatic N) is 1. The Morgan fingerprint density at radius 1 is 1.41 bits per heavy atom. The van der Waals surface area contributed by atoms with E-state index in [-0.39, 0.29) is 18.4 Å². The van der Waals surface area contributed by atoms with E-state index in [4.69, 9.17) is 5.11 Å². The van der Waals surface area contributed by atoms with Crippen molar-refractivity contribution in [3.63, 3.8) is 0 Å². The number of carbonyl (C=O) groups is 2. The minimum Gasteiger partial charge on any atom is -0.481 e. The molecule has 1 N–H and O–H groups in total. The van der Waals surface area contributed by atoms with Gasteiger partial charge in [0.25, 0.3) is 0 Å². The van der Waals surface area contributed by atoms with E-state index in [0.29, 0.717) is 6.42 Å². The van der Waals surface area contributed by atoms with Crippen LogP contribution in [-0.2, 0) is 9.59 Å². The summed E-state index contributed by atoms with van der Waals surface area (Å²) in [4.78, 5) is 24.7. The van der Waals surface area contributed by atoms with E-state index < -0.39 is 11.9 Å². The molecule has 1 aliphatic rings. The molecule has 1 aliphatic heterocycles. The molecule has 0 saturated carbocycles. The van der Waals surface area contributed by atoms with E-state index in [0.717, 1.165) is 5.69 Å². The van der Waals surface area contributed by atoms with Crippen molar-refractivity contribution in [1.29, 1.82) is 0 Å². The number of hydrogen-bond donors (Lipinski definition) is 1. The summed E-state index contributed by atoms with van der Waals surface area (Å²) in [6.45, 7) is 1.91. The number of aliphatic carboxylic acids is 1. The first-order chi connectivity index (χ1) is 8.15. The monoisotopic (exact) mass is 233 g/mol. The van der Waals surface area contributed by atoms with E-state index in [1.165, 1.54) is 0 Å². The summed E-state index contributed by atoms with van der Waals surface area (Å²) < 4.78 is 0. The number of carbonyl (C=O) groups excluding carboxylic acids is 1. The highest BCUT2D eigenvalue weighted by Crippen LogP contribution is 2.32. The maximum absolute atomic E-state index is 11.9. The van der Waals surface area contributed by atoms with Crippen LogP contribution in [0.5, 0.6) is 0 Å². The molecule has 0 aromatic heterocycles. The summed E-state index contributed by atoms with van der Waals surface area (Å²) in [6.07, 6.45) is 0.750. The average Bonchev–Trinajstić information content (AvgIpc) is 2.67. The number of hydrogen-bond acceptors (Lipinski definition) is 2. The molecule has 1 saturated heterocycles. The van der Waals surface area contributed by atoms with E-state index in [1.807, 2.05) is 37.3 Å². The molecule has 1 fully saturated rings. The molecule has 0 unspecified atom stereocenters. The standard InChI is InChI=1S/C13H15NO3/c1-2-11-10(13(16)17)8-12(15)14(11)9-6-4-3-5-7-9/h3-7,10-11H,2,8H2,1H3,(H,16,17)/t10-,11+/m1/s1. The number of benzene rings is 1. The van der Waals surface area contributed by atoms with E-state index in [1.54, 1.807) is 4.90 Å². The van der Waals surface area contributed by atoms with Crippen molar-refractivity contribution in [1.82, 2.24) is 0 Å². The quantitative estimate of drug-likeness (QED) is 0.867. The molecule has 0 spiro atoms. The van der Waals surface area contributed by atoms with Crippen molar-refractivity contribution in [3.05, 3.63) is 30.3 Å². The lowest BCUT2D eigenvalue weighted by molar-refractivity contribution is -0.142. The highest BCUT2D eigenvalue weighted by atomic mass is 16.4. The van der Waals surface area contributed by atoms with Gasteiger partial charge in [0.2, 0.25) is 5.91 Å². The van der Waals surface area contributed by atoms with Gasteiger partial charge < -0.3 is 10.0 Å². The summed E-state index contributed by atoms with van der Waals surface area (Å²) in [7, 11) is 0. The maximum atomic E-state index is 11.9. The van der Waals surface area contributed by atoms with Crippen LogP contribution in [-0.4, -0.2) is 23.0 Å². The lowest BCUT2D eigenvalue weighted by atomic mass is 9.98. The van der Waals surface area contributed by atoms with Gasteiger partial charge in [0.15, 0.2) is 0 Å². The molecule has 1 aromatic carbocycles. The van der Waals surface area contributed by atoms with Crippen LogP contribution in [0.25, 0.3) is 0 Å². The lowest BCUT2D eigenvalue weighted by Crippen LogP contribution is -2.36. The Bertz CT molecular complexity index is 430. The van der Waals surface area contributed by atoms with Gasteiger partial charge in [-0.1, -0.05) is 25.1 Å². The summed E-state index contributed by atoms with van der Waals surface area (Å²) in [6, 6.07) is 9.02. The summed E-state index contributed by atoms with van der Waals surface area (Å²) in [5, 5.41) is 9.12. The maximum Gasteiger partial charge on any atom is 0.309 e. The van der Waals surface area contributed by atoms with Gasteiger partial charge in [0, 0.05) is 12.1 Å². The summed E-state index contributed by atoms with van der Waals surface area (Å²) >= 11 is 0. The van der Waals surface area contributed by atoms with Gasteiger partial charge in [0.05, 0.1) is 12.0 Å². The van der Waals surface area contributed by atoms with Crippen LogP contribution in [0.4, 0.5) is 5.69 Å². The smallest absolute Gasteiger partial charge is 0.309 e. The second-order valence-electron chi connectivity index (χ2n) is 4.22. The van der Waals surface area contributed by atoms with Crippen molar-refractivity contribution < 1.29 is 14.7 Å². The van der Waals surface area contributed by atoms with Crippen LogP contribution < -0.4 is 4.90 Å². The molecule has 4 nitrogen and oxygen atoms in total. The number of para-hydroxylation sites is 1. The van der Waals surface area contributed by atoms with Crippen molar-refractivity contribution in [2.75, 3.05) is 4.90 Å². The highest BCUT2D eigenvalue weighted by Gasteiger charge is 2.43. The van der Waals surface area contributed by atoms with Gasteiger partial charge in [-0.05, 0) is 18.6 Å². The molecule has 1 amide bonds. The fourth-order valence-corrected chi connectivity index (χ4v) is 2.43. The van der Waals surface area contributed by atoms with Gasteiger partial charge >= 0.3 is 5.97 Å². The molecule has 0 radical (unpaired) electrons. The average molecular weight is 233 g/mol. The first-order valence-corrected chi connectivity index (χ1v) is 5.75. The van der Waals surface area contributed by atoms with Crippen LogP contribution in [0.3, 0.4) is 0 Å². The molecule has 1 aromatic rings. The number of amides is 1. The molecule has 1 heterocycles. The second kappa shape index (κ2) is 4.57. The number of carboxylic acids is 1. The number of rotatable bonds is 3. The van der Waals surface area contributed by atoms with E-state index in [2.05, 4.69) is 0 Å². The Balaban J connectivity index is 2.34. The van der Waals surface area contributed by atoms with Crippen LogP contribution in [0.2, 0.25) is 0 Å². The predicted octanol–water partition coefficient (Wildman–Crippen LogP) is 1.90. The fraction of sp³-hybridized carbons (Fsp3) is 0.385. The van der Waals surface area contributed by atoms with Crippen molar-refractivity contribution in [2.45, 2.75) is 25.8 Å². The summed E-state index contributed by atoms with van der Waals surface area (Å²) in [5.41, 5.74) is 0.785. The molecule has 90 valence electrons. The molecule has 17 heavy (non-hydrogen) atoms. The first-order valence-electron chi connectivity index (χ1n) is 5.75. The number of anilines is 1. The Kier molecular flexibility index (Phi) is 3.13. The predicted molar refractivity (Wildman–Crippen MR) is 63.7 cm³/mol. The summed E-state index contributed by atoms with van der Waals surface area (Å²) in [5.74, 6) is -1.58. The Morgan fingerprint density at radius 2 is 2.06 bits per heavy atom. The SMILES string of the molecule is CC[C@H]1[C@H](C(=O)O)CC(=O)N1c1ccccc1. The van der Waals surface area contributed by atoms with Crippen LogP contribution in [0, 0.1) is 5.92 Å². The third kappa shape index (κ3) is 2.02. The normalized spacial score (nSPS) is 24.1. The van der Waals surface area contributed by atoms with Crippen molar-refractivity contribution in [3.8, 4) is 0 Å². The Hall–Kier alpha value is -1.84. The van der Waals surface area contributed by atoms with Gasteiger partial charge in [-0.25, -0.2) is 0 Å². The lowest BCUT2D eigenvalue weighted by Gasteiger charge is -2.25. The van der Waals surface area contributed by atoms with Gasteiger partial charge in [0.1, 0.15) is 0 Å². The zero-order valence-electron chi connectivity index (χ0n) is 9.67. The highest BCUT2D eigenvalue weighted by molar-refractivity contribution is 6.00. The van der Waals surface area contributed by atoms with Crippen molar-refractivity contribution in [2.24, 2.45) is 5.92 Å². The third-order valence-corrected chi connectivity index (χ3v) is 3.23. The minimum atomic E-state index is -0.886. The first kappa shape index (κ1) is 11.6. The van der Waals surface area contributed by atoms with Crippen LogP contribution in [0.1, 0.15) is 19.8 Å². The zero-order valence-corrected chi connectivity index (χ0v) is 9.67. The molecule has 2 atom stereocenters. The van der Waals surface area contributed by atoms with Crippen LogP contribution in [0.15, 0.2) is 30.3 Å². The molecule has 0 bridgehead atoms. The number of carboxylic acid groups (broad SMARTS) is 1. The van der Waals surface area contributed by atoms with Crippen LogP contribution >= 0.6 is 0 Å². The molecular formula is C13H15NO3. The third-order valence-electron chi connectivity index (χ3n) is 3.23. The molecule has 2 rings (SSSR count). The minimum absolute atomic E-state index is 0.0999. The zero-order chi connectivity index (χ0) is 12.4. The molecule has 4 heteroatoms. The molecular weight excluding hydrogens is 218 g/mol. The van der Waals surface area contributed by atoms with E-state index >= 15 is 0 Å². The van der Waals surface area contributed by atoms with Gasteiger partial charge in [-0.2, -0.15) is 0 Å². The second-order valence-corrected chi connectivity index (χ2v) is 4.22. The fourth-order valence-electron chi connectivity index (χ4n) is 2.43. The van der Waals surface area contributed by atoms with E-state index in [9.17, 15) is 9.59 Å². The van der Waals surface area contributed by atoms with Crippen molar-refractivity contribution >= 4 is 17.6 Å². The van der Waals surface area contributed by atoms with Gasteiger partial charge in [-0.3, -0.25) is 9.59 Å². The van der Waals surface area contributed by atoms with Gasteiger partial charge in [-0.15, -0.1) is 0 Å². The largest absolute Gasteiger partial charge is 0.481 e.